The second-order valence-electron chi connectivity index (χ2n) is 3.30. The summed E-state index contributed by atoms with van der Waals surface area (Å²) in [6.07, 6.45) is 0. The number of nitrogen functional groups attached to an aromatic ring is 1. The second-order valence-corrected chi connectivity index (χ2v) is 5.19. The molecule has 0 amide bonds. The topological polar surface area (TPSA) is 64.7 Å². The summed E-state index contributed by atoms with van der Waals surface area (Å²) in [6, 6.07) is 7.87. The number of nitrogens with zero attached hydrogens (tertiary/aromatic N) is 3. The van der Waals surface area contributed by atoms with Crippen LogP contribution in [0.25, 0.3) is 21.4 Å². The van der Waals surface area contributed by atoms with Crippen LogP contribution in [0.5, 0.6) is 0 Å². The first kappa shape index (κ1) is 10.4. The molecule has 0 aliphatic carbocycles. The minimum absolute atomic E-state index is 0.256. The highest BCUT2D eigenvalue weighted by Gasteiger charge is 2.09. The summed E-state index contributed by atoms with van der Waals surface area (Å²) in [5.74, 6) is 1.53. The highest BCUT2D eigenvalue weighted by Crippen LogP contribution is 2.26. The fourth-order valence-electron chi connectivity index (χ4n) is 1.42. The van der Waals surface area contributed by atoms with Crippen LogP contribution in [0.2, 0.25) is 0 Å². The van der Waals surface area contributed by atoms with E-state index in [9.17, 15) is 0 Å². The lowest BCUT2D eigenvalue weighted by Gasteiger charge is -2.01. The van der Waals surface area contributed by atoms with Gasteiger partial charge in [-0.3, -0.25) is 0 Å². The molecule has 3 rings (SSSR count). The third-order valence-corrected chi connectivity index (χ3v) is 3.87. The lowest BCUT2D eigenvalue weighted by molar-refractivity contribution is 1.09. The Hall–Kier alpha value is -1.79. The van der Waals surface area contributed by atoms with Crippen molar-refractivity contribution in [3.8, 4) is 21.4 Å². The van der Waals surface area contributed by atoms with E-state index in [2.05, 4.69) is 15.0 Å². The molecular formula is C11H8N4S2. The number of rotatable bonds is 2. The van der Waals surface area contributed by atoms with Crippen LogP contribution in [0.15, 0.2) is 35.0 Å². The minimum atomic E-state index is 0.256. The zero-order valence-electron chi connectivity index (χ0n) is 8.70. The molecule has 84 valence electrons. The Balaban J connectivity index is 2.13. The predicted molar refractivity (Wildman–Crippen MR) is 70.9 cm³/mol. The first-order chi connectivity index (χ1) is 8.33. The second kappa shape index (κ2) is 4.23. The Bertz CT molecular complexity index is 564. The Morgan fingerprint density at radius 2 is 1.35 bits per heavy atom. The van der Waals surface area contributed by atoms with Crippen LogP contribution in [-0.4, -0.2) is 15.0 Å². The molecule has 17 heavy (non-hydrogen) atoms. The largest absolute Gasteiger partial charge is 0.368 e. The van der Waals surface area contributed by atoms with E-state index < -0.39 is 0 Å². The molecule has 0 aromatic carbocycles. The van der Waals surface area contributed by atoms with Crippen LogP contribution in [0.1, 0.15) is 0 Å². The van der Waals surface area contributed by atoms with Crippen molar-refractivity contribution < 1.29 is 0 Å². The van der Waals surface area contributed by atoms with Crippen LogP contribution < -0.4 is 5.73 Å². The monoisotopic (exact) mass is 260 g/mol. The van der Waals surface area contributed by atoms with E-state index in [0.29, 0.717) is 11.6 Å². The third kappa shape index (κ3) is 2.04. The summed E-state index contributed by atoms with van der Waals surface area (Å²) in [4.78, 5) is 14.7. The molecule has 0 aliphatic rings. The van der Waals surface area contributed by atoms with E-state index in [4.69, 9.17) is 5.73 Å². The lowest BCUT2D eigenvalue weighted by atomic mass is 10.4. The zero-order chi connectivity index (χ0) is 11.7. The highest BCUT2D eigenvalue weighted by atomic mass is 32.1. The maximum atomic E-state index is 5.72. The molecule has 0 bridgehead atoms. The molecule has 0 radical (unpaired) electrons. The summed E-state index contributed by atoms with van der Waals surface area (Å²) < 4.78 is 0. The summed E-state index contributed by atoms with van der Waals surface area (Å²) in [6.45, 7) is 0. The van der Waals surface area contributed by atoms with E-state index in [-0.39, 0.29) is 5.95 Å². The third-order valence-electron chi connectivity index (χ3n) is 2.14. The molecule has 0 spiro atoms. The van der Waals surface area contributed by atoms with Crippen molar-refractivity contribution in [3.63, 3.8) is 0 Å². The SMILES string of the molecule is Nc1nc(-c2cccs2)nc(-c2cccs2)n1. The van der Waals surface area contributed by atoms with Gasteiger partial charge >= 0.3 is 0 Å². The van der Waals surface area contributed by atoms with Gasteiger partial charge in [0.25, 0.3) is 0 Å². The van der Waals surface area contributed by atoms with Crippen molar-refractivity contribution >= 4 is 28.6 Å². The highest BCUT2D eigenvalue weighted by molar-refractivity contribution is 7.13. The van der Waals surface area contributed by atoms with Gasteiger partial charge in [0.05, 0.1) is 9.75 Å². The fraction of sp³-hybridized carbons (Fsp3) is 0. The van der Waals surface area contributed by atoms with E-state index in [1.807, 2.05) is 35.0 Å². The number of anilines is 1. The molecular weight excluding hydrogens is 252 g/mol. The number of aromatic nitrogens is 3. The van der Waals surface area contributed by atoms with Crippen LogP contribution in [0, 0.1) is 0 Å². The first-order valence-electron chi connectivity index (χ1n) is 4.92. The predicted octanol–water partition coefficient (Wildman–Crippen LogP) is 2.91. The van der Waals surface area contributed by atoms with Gasteiger partial charge in [-0.05, 0) is 22.9 Å². The van der Waals surface area contributed by atoms with E-state index in [0.717, 1.165) is 9.75 Å². The van der Waals surface area contributed by atoms with E-state index in [1.54, 1.807) is 22.7 Å². The van der Waals surface area contributed by atoms with E-state index in [1.165, 1.54) is 0 Å². The van der Waals surface area contributed by atoms with Gasteiger partial charge in [-0.15, -0.1) is 22.7 Å². The van der Waals surface area contributed by atoms with Crippen molar-refractivity contribution in [2.45, 2.75) is 0 Å². The molecule has 3 heterocycles. The van der Waals surface area contributed by atoms with Gasteiger partial charge in [-0.2, -0.15) is 9.97 Å². The van der Waals surface area contributed by atoms with Crippen molar-refractivity contribution in [2.75, 3.05) is 5.73 Å². The zero-order valence-corrected chi connectivity index (χ0v) is 10.3. The molecule has 0 saturated carbocycles. The molecule has 3 aromatic rings. The van der Waals surface area contributed by atoms with Gasteiger partial charge in [0.1, 0.15) is 0 Å². The normalized spacial score (nSPS) is 10.6. The standard InChI is InChI=1S/C11H8N4S2/c12-11-14-9(7-3-1-5-16-7)13-10(15-11)8-4-2-6-17-8/h1-6H,(H2,12,13,14,15). The van der Waals surface area contributed by atoms with Crippen LogP contribution in [-0.2, 0) is 0 Å². The summed E-state index contributed by atoms with van der Waals surface area (Å²) in [5.41, 5.74) is 5.72. The Morgan fingerprint density at radius 3 is 1.76 bits per heavy atom. The molecule has 0 unspecified atom stereocenters. The lowest BCUT2D eigenvalue weighted by Crippen LogP contribution is -2.00. The molecule has 0 fully saturated rings. The molecule has 3 aromatic heterocycles. The average molecular weight is 260 g/mol. The Morgan fingerprint density at radius 1 is 0.824 bits per heavy atom. The van der Waals surface area contributed by atoms with Gasteiger partial charge in [-0.25, -0.2) is 4.98 Å². The van der Waals surface area contributed by atoms with Crippen LogP contribution >= 0.6 is 22.7 Å². The molecule has 6 heteroatoms. The van der Waals surface area contributed by atoms with Crippen LogP contribution in [0.4, 0.5) is 5.95 Å². The summed E-state index contributed by atoms with van der Waals surface area (Å²) in [5, 5.41) is 3.97. The Kier molecular flexibility index (Phi) is 2.58. The van der Waals surface area contributed by atoms with Crippen molar-refractivity contribution in [1.29, 1.82) is 0 Å². The molecule has 0 aliphatic heterocycles. The molecule has 2 N–H and O–H groups in total. The Labute approximate surface area is 106 Å². The van der Waals surface area contributed by atoms with E-state index >= 15 is 0 Å². The maximum Gasteiger partial charge on any atom is 0.224 e. The smallest absolute Gasteiger partial charge is 0.224 e. The van der Waals surface area contributed by atoms with Gasteiger partial charge in [-0.1, -0.05) is 12.1 Å². The average Bonchev–Trinajstić information content (AvgIpc) is 3.02. The number of thiophene rings is 2. The van der Waals surface area contributed by atoms with Gasteiger partial charge in [0.15, 0.2) is 11.6 Å². The van der Waals surface area contributed by atoms with Gasteiger partial charge in [0.2, 0.25) is 5.95 Å². The van der Waals surface area contributed by atoms with Gasteiger partial charge in [0, 0.05) is 0 Å². The molecule has 0 atom stereocenters. The van der Waals surface area contributed by atoms with Crippen molar-refractivity contribution in [2.24, 2.45) is 0 Å². The minimum Gasteiger partial charge on any atom is -0.368 e. The summed E-state index contributed by atoms with van der Waals surface area (Å²) >= 11 is 3.17. The summed E-state index contributed by atoms with van der Waals surface area (Å²) in [7, 11) is 0. The molecule has 0 saturated heterocycles. The maximum absolute atomic E-state index is 5.72. The van der Waals surface area contributed by atoms with Crippen molar-refractivity contribution in [1.82, 2.24) is 15.0 Å². The quantitative estimate of drug-likeness (QED) is 0.769. The number of nitrogens with two attached hydrogens (primary N) is 1. The first-order valence-corrected chi connectivity index (χ1v) is 6.68. The number of hydrogen-bond donors (Lipinski definition) is 1. The number of hydrogen-bond acceptors (Lipinski definition) is 6. The van der Waals surface area contributed by atoms with Crippen molar-refractivity contribution in [3.05, 3.63) is 35.0 Å². The fourth-order valence-corrected chi connectivity index (χ4v) is 2.74. The van der Waals surface area contributed by atoms with Crippen LogP contribution in [0.3, 0.4) is 0 Å². The van der Waals surface area contributed by atoms with Gasteiger partial charge < -0.3 is 5.73 Å². The molecule has 4 nitrogen and oxygen atoms in total.